The number of carbonyl (C=O) groups is 2. The summed E-state index contributed by atoms with van der Waals surface area (Å²) in [6.07, 6.45) is 1.79. The Balaban J connectivity index is 2.23. The molecule has 1 aromatic heterocycles. The molecule has 1 amide bonds. The second-order valence-corrected chi connectivity index (χ2v) is 7.01. The summed E-state index contributed by atoms with van der Waals surface area (Å²) in [6, 6.07) is 8.68. The number of aryl methyl sites for hydroxylation is 1. The number of carboxylic acids is 1. The topological polar surface area (TPSA) is 84.2 Å². The molecule has 0 aliphatic rings. The maximum absolute atomic E-state index is 12.6. The number of nitrogens with zero attached hydrogens (tertiary/aromatic N) is 2. The fourth-order valence-electron chi connectivity index (χ4n) is 2.48. The minimum absolute atomic E-state index is 0.181. The molecular weight excluding hydrogens is 338 g/mol. The van der Waals surface area contributed by atoms with Crippen LogP contribution in [0.25, 0.3) is 0 Å². The number of carbonyl (C=O) groups excluding carboxylic acids is 1. The zero-order valence-electron chi connectivity index (χ0n) is 14.8. The van der Waals surface area contributed by atoms with Crippen molar-refractivity contribution < 1.29 is 14.7 Å². The van der Waals surface area contributed by atoms with Crippen LogP contribution in [-0.2, 0) is 11.8 Å². The van der Waals surface area contributed by atoms with Gasteiger partial charge in [0, 0.05) is 11.9 Å². The molecule has 6 nitrogen and oxygen atoms in total. The zero-order valence-corrected chi connectivity index (χ0v) is 15.6. The SMILES string of the molecule is CSc1ccc(C(CC(=O)O)NC(=O)c2cc(C(C)C)nn2C)cc1. The van der Waals surface area contributed by atoms with Crippen molar-refractivity contribution in [1.82, 2.24) is 15.1 Å². The van der Waals surface area contributed by atoms with Crippen LogP contribution in [-0.4, -0.2) is 33.0 Å². The highest BCUT2D eigenvalue weighted by Crippen LogP contribution is 2.22. The first-order valence-electron chi connectivity index (χ1n) is 8.02. The lowest BCUT2D eigenvalue weighted by atomic mass is 10.0. The van der Waals surface area contributed by atoms with Crippen LogP contribution in [0.2, 0.25) is 0 Å². The Labute approximate surface area is 151 Å². The number of hydrogen-bond donors (Lipinski definition) is 2. The van der Waals surface area contributed by atoms with E-state index in [1.165, 1.54) is 4.68 Å². The Bertz CT molecular complexity index is 753. The van der Waals surface area contributed by atoms with Gasteiger partial charge in [0.25, 0.3) is 5.91 Å². The van der Waals surface area contributed by atoms with Crippen molar-refractivity contribution in [2.24, 2.45) is 7.05 Å². The number of nitrogens with one attached hydrogen (secondary N) is 1. The van der Waals surface area contributed by atoms with E-state index in [1.807, 2.05) is 44.4 Å². The molecule has 0 radical (unpaired) electrons. The predicted octanol–water partition coefficient (Wildman–Crippen LogP) is 3.21. The van der Waals surface area contributed by atoms with E-state index in [2.05, 4.69) is 10.4 Å². The molecule has 7 heteroatoms. The molecule has 2 N–H and O–H groups in total. The van der Waals surface area contributed by atoms with Crippen LogP contribution in [0, 0.1) is 0 Å². The summed E-state index contributed by atoms with van der Waals surface area (Å²) in [7, 11) is 1.71. The second kappa shape index (κ2) is 8.20. The molecule has 0 fully saturated rings. The third-order valence-corrected chi connectivity index (χ3v) is 4.67. The minimum atomic E-state index is -0.966. The van der Waals surface area contributed by atoms with Gasteiger partial charge in [-0.05, 0) is 35.9 Å². The average Bonchev–Trinajstić information content (AvgIpc) is 2.96. The number of rotatable bonds is 7. The predicted molar refractivity (Wildman–Crippen MR) is 98.0 cm³/mol. The first-order valence-corrected chi connectivity index (χ1v) is 9.24. The third-order valence-electron chi connectivity index (χ3n) is 3.93. The lowest BCUT2D eigenvalue weighted by Crippen LogP contribution is -2.31. The van der Waals surface area contributed by atoms with E-state index in [0.717, 1.165) is 16.2 Å². The fraction of sp³-hybridized carbons (Fsp3) is 0.389. The maximum Gasteiger partial charge on any atom is 0.305 e. The van der Waals surface area contributed by atoms with Crippen LogP contribution in [0.3, 0.4) is 0 Å². The molecular formula is C18H23N3O3S. The highest BCUT2D eigenvalue weighted by molar-refractivity contribution is 7.98. The van der Waals surface area contributed by atoms with Gasteiger partial charge in [0.1, 0.15) is 5.69 Å². The van der Waals surface area contributed by atoms with Crippen molar-refractivity contribution in [3.63, 3.8) is 0 Å². The van der Waals surface area contributed by atoms with Crippen molar-refractivity contribution >= 4 is 23.6 Å². The quantitative estimate of drug-likeness (QED) is 0.740. The maximum atomic E-state index is 12.6. The highest BCUT2D eigenvalue weighted by Gasteiger charge is 2.21. The summed E-state index contributed by atoms with van der Waals surface area (Å²) in [5, 5.41) is 16.3. The van der Waals surface area contributed by atoms with E-state index in [4.69, 9.17) is 0 Å². The molecule has 0 bridgehead atoms. The smallest absolute Gasteiger partial charge is 0.305 e. The molecule has 1 unspecified atom stereocenters. The molecule has 1 atom stereocenters. The van der Waals surface area contributed by atoms with Gasteiger partial charge in [-0.15, -0.1) is 11.8 Å². The monoisotopic (exact) mass is 361 g/mol. The molecule has 1 aromatic carbocycles. The summed E-state index contributed by atoms with van der Waals surface area (Å²) in [5.74, 6) is -1.09. The highest BCUT2D eigenvalue weighted by atomic mass is 32.2. The van der Waals surface area contributed by atoms with Crippen LogP contribution in [0.5, 0.6) is 0 Å². The van der Waals surface area contributed by atoms with Gasteiger partial charge in [-0.1, -0.05) is 26.0 Å². The average molecular weight is 361 g/mol. The minimum Gasteiger partial charge on any atom is -0.481 e. The van der Waals surface area contributed by atoms with Gasteiger partial charge in [0.05, 0.1) is 18.2 Å². The van der Waals surface area contributed by atoms with E-state index in [-0.39, 0.29) is 18.2 Å². The van der Waals surface area contributed by atoms with Crippen LogP contribution < -0.4 is 5.32 Å². The summed E-state index contributed by atoms with van der Waals surface area (Å²) in [6.45, 7) is 4.01. The van der Waals surface area contributed by atoms with Gasteiger partial charge in [-0.2, -0.15) is 5.10 Å². The van der Waals surface area contributed by atoms with E-state index >= 15 is 0 Å². The van der Waals surface area contributed by atoms with Crippen molar-refractivity contribution in [2.75, 3.05) is 6.26 Å². The molecule has 0 aliphatic heterocycles. The van der Waals surface area contributed by atoms with Gasteiger partial charge >= 0.3 is 5.97 Å². The first-order chi connectivity index (χ1) is 11.8. The molecule has 2 rings (SSSR count). The number of hydrogen-bond acceptors (Lipinski definition) is 4. The third kappa shape index (κ3) is 4.85. The molecule has 0 saturated heterocycles. The van der Waals surface area contributed by atoms with Gasteiger partial charge in [0.2, 0.25) is 0 Å². The standard InChI is InChI=1S/C18H23N3O3S/c1-11(2)14-9-16(21(3)20-14)18(24)19-15(10-17(22)23)12-5-7-13(25-4)8-6-12/h5-9,11,15H,10H2,1-4H3,(H,19,24)(H,22,23). The summed E-state index contributed by atoms with van der Waals surface area (Å²) in [5.41, 5.74) is 2.01. The van der Waals surface area contributed by atoms with Crippen LogP contribution in [0.1, 0.15) is 54.0 Å². The van der Waals surface area contributed by atoms with Crippen molar-refractivity contribution in [3.8, 4) is 0 Å². The molecule has 0 spiro atoms. The van der Waals surface area contributed by atoms with Crippen molar-refractivity contribution in [3.05, 3.63) is 47.3 Å². The van der Waals surface area contributed by atoms with Crippen LogP contribution >= 0.6 is 11.8 Å². The zero-order chi connectivity index (χ0) is 18.6. The number of benzene rings is 1. The molecule has 0 aliphatic carbocycles. The van der Waals surface area contributed by atoms with Gasteiger partial charge in [-0.3, -0.25) is 14.3 Å². The van der Waals surface area contributed by atoms with Crippen LogP contribution in [0.15, 0.2) is 35.2 Å². The lowest BCUT2D eigenvalue weighted by Gasteiger charge is -2.17. The Morgan fingerprint density at radius 3 is 2.40 bits per heavy atom. The van der Waals surface area contributed by atoms with E-state index in [0.29, 0.717) is 5.69 Å². The normalized spacial score (nSPS) is 12.2. The number of aliphatic carboxylic acids is 1. The van der Waals surface area contributed by atoms with Crippen LogP contribution in [0.4, 0.5) is 0 Å². The Hall–Kier alpha value is -2.28. The largest absolute Gasteiger partial charge is 0.481 e. The lowest BCUT2D eigenvalue weighted by molar-refractivity contribution is -0.137. The van der Waals surface area contributed by atoms with E-state index in [9.17, 15) is 14.7 Å². The summed E-state index contributed by atoms with van der Waals surface area (Å²) >= 11 is 1.61. The number of amides is 1. The van der Waals surface area contributed by atoms with Gasteiger partial charge < -0.3 is 10.4 Å². The van der Waals surface area contributed by atoms with Crippen molar-refractivity contribution in [1.29, 1.82) is 0 Å². The number of thioether (sulfide) groups is 1. The molecule has 0 saturated carbocycles. The summed E-state index contributed by atoms with van der Waals surface area (Å²) in [4.78, 5) is 24.9. The molecule has 1 heterocycles. The molecule has 2 aromatic rings. The van der Waals surface area contributed by atoms with Gasteiger partial charge in [0.15, 0.2) is 0 Å². The van der Waals surface area contributed by atoms with E-state index in [1.54, 1.807) is 24.9 Å². The Morgan fingerprint density at radius 2 is 1.92 bits per heavy atom. The second-order valence-electron chi connectivity index (χ2n) is 6.13. The van der Waals surface area contributed by atoms with Crippen molar-refractivity contribution in [2.45, 2.75) is 37.1 Å². The Kier molecular flexibility index (Phi) is 6.25. The number of aromatic nitrogens is 2. The Morgan fingerprint density at radius 1 is 1.28 bits per heavy atom. The molecule has 25 heavy (non-hydrogen) atoms. The summed E-state index contributed by atoms with van der Waals surface area (Å²) < 4.78 is 1.53. The first kappa shape index (κ1) is 19.1. The molecule has 134 valence electrons. The van der Waals surface area contributed by atoms with Gasteiger partial charge in [-0.25, -0.2) is 0 Å². The number of carboxylic acid groups (broad SMARTS) is 1. The fourth-order valence-corrected chi connectivity index (χ4v) is 2.89. The van der Waals surface area contributed by atoms with E-state index < -0.39 is 12.0 Å².